The van der Waals surface area contributed by atoms with Gasteiger partial charge in [-0.2, -0.15) is 0 Å². The third kappa shape index (κ3) is 3.54. The number of aromatic nitrogens is 1. The summed E-state index contributed by atoms with van der Waals surface area (Å²) in [6.45, 7) is 13.1. The third-order valence-corrected chi connectivity index (χ3v) is 6.11. The van der Waals surface area contributed by atoms with Crippen LogP contribution >= 0.6 is 0 Å². The Labute approximate surface area is 201 Å². The SMILES string of the molecule is [2H]C([2H])(c1c[n+](C)c(-c2c(C)ccc3c2oc2c([N+]#[C-])ccc(-c4ccccc4)c23)cc1F)C(C)C. The highest BCUT2D eigenvalue weighted by atomic mass is 19.1. The number of hydrogen-bond acceptors (Lipinski definition) is 1. The van der Waals surface area contributed by atoms with Gasteiger partial charge in [-0.3, -0.25) is 0 Å². The Morgan fingerprint density at radius 2 is 1.85 bits per heavy atom. The molecule has 5 rings (SSSR count). The number of nitrogens with zero attached hydrogens (tertiary/aromatic N) is 2. The van der Waals surface area contributed by atoms with E-state index in [4.69, 9.17) is 13.7 Å². The zero-order chi connectivity index (χ0) is 25.8. The van der Waals surface area contributed by atoms with Crippen molar-refractivity contribution in [2.75, 3.05) is 0 Å². The van der Waals surface area contributed by atoms with Gasteiger partial charge in [-0.05, 0) is 35.9 Å². The van der Waals surface area contributed by atoms with Crippen LogP contribution < -0.4 is 4.57 Å². The van der Waals surface area contributed by atoms with Crippen LogP contribution in [-0.2, 0) is 13.4 Å². The maximum absolute atomic E-state index is 15.4. The highest BCUT2D eigenvalue weighted by Gasteiger charge is 2.25. The largest absolute Gasteiger partial charge is 0.466 e. The summed E-state index contributed by atoms with van der Waals surface area (Å²) in [6.07, 6.45) is -0.276. The van der Waals surface area contributed by atoms with Gasteiger partial charge in [0, 0.05) is 19.6 Å². The van der Waals surface area contributed by atoms with Crippen LogP contribution in [0.25, 0.3) is 49.2 Å². The summed E-state index contributed by atoms with van der Waals surface area (Å²) in [5, 5.41) is 1.69. The van der Waals surface area contributed by atoms with Crippen LogP contribution in [0.4, 0.5) is 10.1 Å². The quantitative estimate of drug-likeness (QED) is 0.201. The summed E-state index contributed by atoms with van der Waals surface area (Å²) >= 11 is 0. The topological polar surface area (TPSA) is 21.4 Å². The highest BCUT2D eigenvalue weighted by Crippen LogP contribution is 2.44. The summed E-state index contributed by atoms with van der Waals surface area (Å²) in [6, 6.07) is 19.0. The molecule has 0 saturated heterocycles. The van der Waals surface area contributed by atoms with E-state index >= 15 is 4.39 Å². The molecule has 0 aliphatic heterocycles. The van der Waals surface area contributed by atoms with Crippen molar-refractivity contribution < 1.29 is 16.1 Å². The Bertz CT molecular complexity index is 1680. The van der Waals surface area contributed by atoms with E-state index in [1.165, 1.54) is 12.3 Å². The van der Waals surface area contributed by atoms with E-state index in [9.17, 15) is 0 Å². The monoisotopic (exact) mass is 451 g/mol. The Hall–Kier alpha value is -3.97. The predicted octanol–water partition coefficient (Wildman–Crippen LogP) is 7.94. The van der Waals surface area contributed by atoms with Gasteiger partial charge in [0.25, 0.3) is 0 Å². The molecule has 34 heavy (non-hydrogen) atoms. The molecule has 4 heteroatoms. The van der Waals surface area contributed by atoms with Crippen LogP contribution in [-0.4, -0.2) is 0 Å². The zero-order valence-electron chi connectivity index (χ0n) is 21.6. The average molecular weight is 452 g/mol. The molecule has 2 aromatic heterocycles. The van der Waals surface area contributed by atoms with Crippen molar-refractivity contribution in [2.45, 2.75) is 27.1 Å². The lowest BCUT2D eigenvalue weighted by Crippen LogP contribution is -2.32. The minimum Gasteiger partial charge on any atom is -0.466 e. The van der Waals surface area contributed by atoms with E-state index in [0.29, 0.717) is 22.5 Å². The molecule has 0 unspecified atom stereocenters. The summed E-state index contributed by atoms with van der Waals surface area (Å²) in [5.41, 5.74) is 5.68. The lowest BCUT2D eigenvalue weighted by atomic mass is 9.95. The first kappa shape index (κ1) is 19.5. The van der Waals surface area contributed by atoms with Crippen LogP contribution in [0.2, 0.25) is 0 Å². The second kappa shape index (κ2) is 8.43. The molecule has 0 atom stereocenters. The molecule has 0 N–H and O–H groups in total. The molecule has 0 saturated carbocycles. The fourth-order valence-electron chi connectivity index (χ4n) is 4.58. The fraction of sp³-hybridized carbons (Fsp3) is 0.200. The smallest absolute Gasteiger partial charge is 0.229 e. The molecule has 168 valence electrons. The van der Waals surface area contributed by atoms with Gasteiger partial charge >= 0.3 is 0 Å². The first-order valence-corrected chi connectivity index (χ1v) is 11.3. The number of hydrogen-bond donors (Lipinski definition) is 0. The zero-order valence-corrected chi connectivity index (χ0v) is 19.6. The van der Waals surface area contributed by atoms with Crippen LogP contribution in [0.1, 0.15) is 27.7 Å². The minimum atomic E-state index is -1.81. The van der Waals surface area contributed by atoms with E-state index in [2.05, 4.69) is 4.85 Å². The number of fused-ring (bicyclic) bond motifs is 3. The van der Waals surface area contributed by atoms with Crippen molar-refractivity contribution in [3.8, 4) is 22.4 Å². The van der Waals surface area contributed by atoms with Gasteiger partial charge in [0.2, 0.25) is 11.4 Å². The van der Waals surface area contributed by atoms with E-state index < -0.39 is 12.2 Å². The molecule has 0 bridgehead atoms. The Morgan fingerprint density at radius 1 is 1.09 bits per heavy atom. The van der Waals surface area contributed by atoms with E-state index in [-0.39, 0.29) is 11.5 Å². The fourth-order valence-corrected chi connectivity index (χ4v) is 4.58. The summed E-state index contributed by atoms with van der Waals surface area (Å²) < 4.78 is 40.3. The van der Waals surface area contributed by atoms with Crippen molar-refractivity contribution in [1.29, 1.82) is 0 Å². The molecule has 3 nitrogen and oxygen atoms in total. The van der Waals surface area contributed by atoms with Crippen LogP contribution in [0, 0.1) is 25.2 Å². The van der Waals surface area contributed by atoms with Crippen LogP contribution in [0.15, 0.2) is 71.3 Å². The first-order valence-electron chi connectivity index (χ1n) is 12.3. The molecule has 5 aromatic rings. The van der Waals surface area contributed by atoms with E-state index in [0.717, 1.165) is 33.0 Å². The molecule has 0 amide bonds. The summed E-state index contributed by atoms with van der Waals surface area (Å²) in [5.74, 6) is -0.983. The van der Waals surface area contributed by atoms with Gasteiger partial charge in [0.1, 0.15) is 24.0 Å². The van der Waals surface area contributed by atoms with Gasteiger partial charge in [0.05, 0.1) is 17.7 Å². The molecule has 3 aromatic carbocycles. The number of aryl methyl sites for hydroxylation is 2. The molecule has 0 aliphatic rings. The van der Waals surface area contributed by atoms with E-state index in [1.807, 2.05) is 55.5 Å². The van der Waals surface area contributed by atoms with Crippen molar-refractivity contribution in [3.05, 3.63) is 95.2 Å². The maximum atomic E-state index is 15.4. The standard InChI is InChI=1S/C30H26FN2O/c1-18(2)15-21-17-33(5)26(16-24(21)31)27-19(3)11-12-23-28-22(20-9-7-6-8-10-20)13-14-25(32-4)30(28)34-29(23)27/h6-14,16-18H,15H2,1-3,5H3/q+1/i15D2. The minimum absolute atomic E-state index is 0.0276. The molecule has 0 radical (unpaired) electrons. The molecule has 0 fully saturated rings. The predicted molar refractivity (Wildman–Crippen MR) is 135 cm³/mol. The number of benzene rings is 3. The molecule has 0 aliphatic carbocycles. The van der Waals surface area contributed by atoms with Crippen molar-refractivity contribution in [3.63, 3.8) is 0 Å². The van der Waals surface area contributed by atoms with Gasteiger partial charge < -0.3 is 4.42 Å². The Kier molecular flexibility index (Phi) is 4.83. The Balaban J connectivity index is 1.85. The van der Waals surface area contributed by atoms with E-state index in [1.54, 1.807) is 31.5 Å². The van der Waals surface area contributed by atoms with Crippen LogP contribution in [0.5, 0.6) is 0 Å². The van der Waals surface area contributed by atoms with Gasteiger partial charge in [-0.25, -0.2) is 13.8 Å². The van der Waals surface area contributed by atoms with Crippen LogP contribution in [0.3, 0.4) is 0 Å². The lowest BCUT2D eigenvalue weighted by Gasteiger charge is -2.09. The third-order valence-electron chi connectivity index (χ3n) is 6.11. The van der Waals surface area contributed by atoms with Crippen molar-refractivity contribution in [2.24, 2.45) is 13.0 Å². The maximum Gasteiger partial charge on any atom is 0.229 e. The molecular formula is C30H26FN2O+. The molecule has 0 spiro atoms. The first-order chi connectivity index (χ1) is 17.1. The number of halogens is 1. The summed E-state index contributed by atoms with van der Waals surface area (Å²) in [4.78, 5) is 3.69. The van der Waals surface area contributed by atoms with Gasteiger partial charge in [-0.15, -0.1) is 0 Å². The number of rotatable bonds is 4. The van der Waals surface area contributed by atoms with Gasteiger partial charge in [-0.1, -0.05) is 68.4 Å². The molecule has 2 heterocycles. The average Bonchev–Trinajstić information content (AvgIpc) is 3.24. The number of pyridine rings is 1. The summed E-state index contributed by atoms with van der Waals surface area (Å²) in [7, 11) is 1.79. The van der Waals surface area contributed by atoms with Crippen molar-refractivity contribution >= 4 is 27.6 Å². The lowest BCUT2D eigenvalue weighted by molar-refractivity contribution is -0.661. The highest BCUT2D eigenvalue weighted by molar-refractivity contribution is 6.18. The van der Waals surface area contributed by atoms with Gasteiger partial charge in [0.15, 0.2) is 6.20 Å². The van der Waals surface area contributed by atoms with Crippen molar-refractivity contribution in [1.82, 2.24) is 0 Å². The molecular weight excluding hydrogens is 423 g/mol. The normalized spacial score (nSPS) is 12.7. The second-order valence-electron chi connectivity index (χ2n) is 8.88. The number of furan rings is 1. The Morgan fingerprint density at radius 3 is 2.56 bits per heavy atom. The second-order valence-corrected chi connectivity index (χ2v) is 8.88.